The Morgan fingerprint density at radius 3 is 2.08 bits per heavy atom. The van der Waals surface area contributed by atoms with Crippen LogP contribution in [0, 0.1) is 0 Å². The van der Waals surface area contributed by atoms with E-state index in [4.69, 9.17) is 9.47 Å². The first-order valence-corrected chi connectivity index (χ1v) is 7.74. The normalized spacial score (nSPS) is 9.92. The van der Waals surface area contributed by atoms with Crippen molar-refractivity contribution in [1.82, 2.24) is 10.2 Å². The summed E-state index contributed by atoms with van der Waals surface area (Å²) in [5.74, 6) is 0.0605. The Kier molecular flexibility index (Phi) is 8.25. The van der Waals surface area contributed by atoms with Gasteiger partial charge in [0.2, 0.25) is 5.91 Å². The molecule has 0 bridgehead atoms. The van der Waals surface area contributed by atoms with Crippen LogP contribution < -0.4 is 14.8 Å². The number of carbonyl (C=O) groups is 3. The third kappa shape index (κ3) is 6.70. The monoisotopic (exact) mass is 352 g/mol. The van der Waals surface area contributed by atoms with Crippen molar-refractivity contribution < 1.29 is 28.6 Å². The fourth-order valence-corrected chi connectivity index (χ4v) is 2.12. The molecule has 25 heavy (non-hydrogen) atoms. The minimum atomic E-state index is -0.416. The molecule has 1 aromatic rings. The maximum absolute atomic E-state index is 12.8. The van der Waals surface area contributed by atoms with E-state index >= 15 is 0 Å². The van der Waals surface area contributed by atoms with Gasteiger partial charge in [-0.2, -0.15) is 0 Å². The fraction of sp³-hybridized carbons (Fsp3) is 0.471. The average Bonchev–Trinajstić information content (AvgIpc) is 2.62. The highest BCUT2D eigenvalue weighted by Gasteiger charge is 2.19. The van der Waals surface area contributed by atoms with Crippen LogP contribution in [-0.2, 0) is 14.3 Å². The van der Waals surface area contributed by atoms with Crippen LogP contribution in [0.25, 0.3) is 0 Å². The molecular formula is C17H24N2O6. The summed E-state index contributed by atoms with van der Waals surface area (Å²) in [6.07, 6.45) is 0.0589. The molecule has 8 nitrogen and oxygen atoms in total. The van der Waals surface area contributed by atoms with Gasteiger partial charge >= 0.3 is 5.97 Å². The lowest BCUT2D eigenvalue weighted by atomic mass is 10.1. The molecule has 138 valence electrons. The third-order valence-electron chi connectivity index (χ3n) is 3.45. The third-order valence-corrected chi connectivity index (χ3v) is 3.45. The molecule has 0 saturated carbocycles. The van der Waals surface area contributed by atoms with Crippen molar-refractivity contribution in [3.63, 3.8) is 0 Å². The lowest BCUT2D eigenvalue weighted by molar-refractivity contribution is -0.140. The fourth-order valence-electron chi connectivity index (χ4n) is 2.12. The van der Waals surface area contributed by atoms with E-state index in [1.54, 1.807) is 18.2 Å². The summed E-state index contributed by atoms with van der Waals surface area (Å²) in [6.45, 7) is 2.11. The molecule has 0 aliphatic rings. The molecule has 8 heteroatoms. The van der Waals surface area contributed by atoms with Crippen molar-refractivity contribution in [2.24, 2.45) is 0 Å². The highest BCUT2D eigenvalue weighted by Crippen LogP contribution is 2.23. The van der Waals surface area contributed by atoms with Crippen LogP contribution in [-0.4, -0.2) is 63.6 Å². The Morgan fingerprint density at radius 1 is 1.00 bits per heavy atom. The first-order valence-electron chi connectivity index (χ1n) is 7.74. The van der Waals surface area contributed by atoms with Crippen LogP contribution in [0.3, 0.4) is 0 Å². The Balaban J connectivity index is 2.95. The smallest absolute Gasteiger partial charge is 0.307 e. The van der Waals surface area contributed by atoms with Crippen molar-refractivity contribution >= 4 is 17.8 Å². The number of carbonyl (C=O) groups excluding carboxylic acids is 3. The van der Waals surface area contributed by atoms with E-state index in [0.29, 0.717) is 17.1 Å². The van der Waals surface area contributed by atoms with E-state index in [-0.39, 0.29) is 37.9 Å². The second-order valence-electron chi connectivity index (χ2n) is 5.20. The Labute approximate surface area is 147 Å². The Bertz CT molecular complexity index is 595. The molecule has 0 unspecified atom stereocenters. The lowest BCUT2D eigenvalue weighted by Gasteiger charge is -2.23. The predicted octanol–water partition coefficient (Wildman–Crippen LogP) is 0.845. The summed E-state index contributed by atoms with van der Waals surface area (Å²) < 4.78 is 15.0. The molecular weight excluding hydrogens is 328 g/mol. The van der Waals surface area contributed by atoms with E-state index in [1.807, 2.05) is 0 Å². The van der Waals surface area contributed by atoms with Gasteiger partial charge in [0.25, 0.3) is 5.91 Å². The first kappa shape index (κ1) is 20.3. The van der Waals surface area contributed by atoms with Crippen molar-refractivity contribution in [3.05, 3.63) is 23.8 Å². The maximum Gasteiger partial charge on any atom is 0.307 e. The van der Waals surface area contributed by atoms with E-state index in [2.05, 4.69) is 10.1 Å². The lowest BCUT2D eigenvalue weighted by Crippen LogP contribution is -2.39. The largest absolute Gasteiger partial charge is 0.497 e. The quantitative estimate of drug-likeness (QED) is 0.662. The molecule has 0 aliphatic heterocycles. The summed E-state index contributed by atoms with van der Waals surface area (Å²) in [4.78, 5) is 36.7. The molecule has 0 spiro atoms. The molecule has 0 heterocycles. The van der Waals surface area contributed by atoms with Crippen LogP contribution >= 0.6 is 0 Å². The summed E-state index contributed by atoms with van der Waals surface area (Å²) in [5, 5.41) is 2.63. The van der Waals surface area contributed by atoms with Crippen LogP contribution in [0.1, 0.15) is 23.7 Å². The average molecular weight is 352 g/mol. The Hall–Kier alpha value is -2.77. The number of amides is 2. The number of hydrogen-bond donors (Lipinski definition) is 1. The molecule has 2 amide bonds. The summed E-state index contributed by atoms with van der Waals surface area (Å²) >= 11 is 0. The van der Waals surface area contributed by atoms with Gasteiger partial charge in [0, 0.05) is 38.2 Å². The molecule has 0 fully saturated rings. The molecule has 0 atom stereocenters. The number of benzene rings is 1. The molecule has 1 rings (SSSR count). The SMILES string of the molecule is COC(=O)CCN(CCNC(C)=O)C(=O)c1cc(OC)cc(OC)c1. The molecule has 1 N–H and O–H groups in total. The zero-order valence-electron chi connectivity index (χ0n) is 15.0. The second-order valence-corrected chi connectivity index (χ2v) is 5.20. The van der Waals surface area contributed by atoms with E-state index in [1.165, 1.54) is 33.2 Å². The molecule has 0 aliphatic carbocycles. The molecule has 0 radical (unpaired) electrons. The topological polar surface area (TPSA) is 94.2 Å². The van der Waals surface area contributed by atoms with Crippen molar-refractivity contribution in [2.75, 3.05) is 41.0 Å². The van der Waals surface area contributed by atoms with Gasteiger partial charge < -0.3 is 24.4 Å². The van der Waals surface area contributed by atoms with E-state index in [9.17, 15) is 14.4 Å². The second kappa shape index (κ2) is 10.2. The van der Waals surface area contributed by atoms with Gasteiger partial charge in [-0.25, -0.2) is 0 Å². The maximum atomic E-state index is 12.8. The number of rotatable bonds is 9. The van der Waals surface area contributed by atoms with Crippen molar-refractivity contribution in [2.45, 2.75) is 13.3 Å². The van der Waals surface area contributed by atoms with Crippen LogP contribution in [0.15, 0.2) is 18.2 Å². The van der Waals surface area contributed by atoms with Gasteiger partial charge in [-0.15, -0.1) is 0 Å². The zero-order valence-corrected chi connectivity index (χ0v) is 15.0. The van der Waals surface area contributed by atoms with Gasteiger partial charge in [0.15, 0.2) is 0 Å². The number of nitrogens with zero attached hydrogens (tertiary/aromatic N) is 1. The van der Waals surface area contributed by atoms with Gasteiger partial charge in [-0.3, -0.25) is 14.4 Å². The molecule has 0 aromatic heterocycles. The number of hydrogen-bond acceptors (Lipinski definition) is 6. The van der Waals surface area contributed by atoms with Crippen molar-refractivity contribution in [3.8, 4) is 11.5 Å². The minimum Gasteiger partial charge on any atom is -0.497 e. The van der Waals surface area contributed by atoms with Crippen molar-refractivity contribution in [1.29, 1.82) is 0 Å². The number of nitrogens with one attached hydrogen (secondary N) is 1. The summed E-state index contributed by atoms with van der Waals surface area (Å²) in [5.41, 5.74) is 0.365. The zero-order chi connectivity index (χ0) is 18.8. The van der Waals surface area contributed by atoms with Crippen LogP contribution in [0.4, 0.5) is 0 Å². The number of methoxy groups -OCH3 is 3. The van der Waals surface area contributed by atoms with Gasteiger partial charge in [0.1, 0.15) is 11.5 Å². The number of esters is 1. The first-order chi connectivity index (χ1) is 11.9. The molecule has 1 aromatic carbocycles. The van der Waals surface area contributed by atoms with Gasteiger partial charge in [0.05, 0.1) is 27.8 Å². The van der Waals surface area contributed by atoms with E-state index < -0.39 is 5.97 Å². The Morgan fingerprint density at radius 2 is 1.60 bits per heavy atom. The van der Waals surface area contributed by atoms with Gasteiger partial charge in [-0.05, 0) is 12.1 Å². The van der Waals surface area contributed by atoms with E-state index in [0.717, 1.165) is 0 Å². The van der Waals surface area contributed by atoms with Gasteiger partial charge in [-0.1, -0.05) is 0 Å². The summed E-state index contributed by atoms with van der Waals surface area (Å²) in [7, 11) is 4.28. The van der Waals surface area contributed by atoms with Crippen LogP contribution in [0.2, 0.25) is 0 Å². The summed E-state index contributed by atoms with van der Waals surface area (Å²) in [6, 6.07) is 4.84. The highest BCUT2D eigenvalue weighted by atomic mass is 16.5. The minimum absolute atomic E-state index is 0.0589. The standard InChI is InChI=1S/C17H24N2O6/c1-12(20)18-6-8-19(7-5-16(21)25-4)17(22)13-9-14(23-2)11-15(10-13)24-3/h9-11H,5-8H2,1-4H3,(H,18,20). The predicted molar refractivity (Wildman–Crippen MR) is 90.8 cm³/mol. The van der Waals surface area contributed by atoms with Crippen LogP contribution in [0.5, 0.6) is 11.5 Å². The molecule has 0 saturated heterocycles. The number of ether oxygens (including phenoxy) is 3. The highest BCUT2D eigenvalue weighted by molar-refractivity contribution is 5.95.